The highest BCUT2D eigenvalue weighted by Gasteiger charge is 2.03. The molecule has 0 aliphatic rings. The lowest BCUT2D eigenvalue weighted by Crippen LogP contribution is -2.49. The molecule has 1 aromatic carbocycles. The van der Waals surface area contributed by atoms with E-state index in [9.17, 15) is 9.18 Å². The van der Waals surface area contributed by atoms with Crippen molar-refractivity contribution < 1.29 is 13.9 Å². The molecule has 116 valence electrons. The van der Waals surface area contributed by atoms with Gasteiger partial charge in [-0.2, -0.15) is 0 Å². The Labute approximate surface area is 128 Å². The Morgan fingerprint density at radius 1 is 1.29 bits per heavy atom. The summed E-state index contributed by atoms with van der Waals surface area (Å²) in [5.41, 5.74) is 4.96. The van der Waals surface area contributed by atoms with Crippen LogP contribution in [0.2, 0.25) is 0 Å². The number of carbonyl (C=O) groups excluding carboxylic acids is 1. The number of nitrogens with one attached hydrogen (secondary N) is 3. The molecule has 0 radical (unpaired) electrons. The summed E-state index contributed by atoms with van der Waals surface area (Å²) >= 11 is 4.98. The van der Waals surface area contributed by atoms with Gasteiger partial charge >= 0.3 is 0 Å². The first-order valence-electron chi connectivity index (χ1n) is 6.33. The lowest BCUT2D eigenvalue weighted by Gasteiger charge is -2.14. The molecule has 0 aromatic heterocycles. The highest BCUT2D eigenvalue weighted by atomic mass is 32.1. The SMILES string of the molecule is CN(C)CCNC(=S)NNC(=O)COc1ccc(F)cc1. The van der Waals surface area contributed by atoms with Crippen molar-refractivity contribution in [1.29, 1.82) is 0 Å². The molecule has 0 atom stereocenters. The number of thiocarbonyl (C=S) groups is 1. The number of rotatable bonds is 6. The van der Waals surface area contributed by atoms with E-state index in [4.69, 9.17) is 17.0 Å². The molecule has 1 amide bonds. The van der Waals surface area contributed by atoms with Crippen LogP contribution >= 0.6 is 12.2 Å². The molecule has 0 saturated heterocycles. The molecule has 0 spiro atoms. The minimum Gasteiger partial charge on any atom is -0.484 e. The first-order chi connectivity index (χ1) is 9.97. The zero-order chi connectivity index (χ0) is 15.7. The number of halogens is 1. The monoisotopic (exact) mass is 314 g/mol. The number of carbonyl (C=O) groups is 1. The maximum Gasteiger partial charge on any atom is 0.276 e. The van der Waals surface area contributed by atoms with Crippen molar-refractivity contribution in [2.24, 2.45) is 0 Å². The van der Waals surface area contributed by atoms with Gasteiger partial charge in [0.25, 0.3) is 5.91 Å². The lowest BCUT2D eigenvalue weighted by atomic mass is 10.3. The third-order valence-corrected chi connectivity index (χ3v) is 2.59. The van der Waals surface area contributed by atoms with E-state index in [1.165, 1.54) is 24.3 Å². The molecule has 0 bridgehead atoms. The fourth-order valence-electron chi connectivity index (χ4n) is 1.28. The molecule has 1 rings (SSSR count). The number of nitrogens with zero attached hydrogens (tertiary/aromatic N) is 1. The summed E-state index contributed by atoms with van der Waals surface area (Å²) < 4.78 is 17.9. The maximum absolute atomic E-state index is 12.7. The van der Waals surface area contributed by atoms with E-state index >= 15 is 0 Å². The molecule has 0 saturated carbocycles. The van der Waals surface area contributed by atoms with E-state index in [1.54, 1.807) is 0 Å². The van der Waals surface area contributed by atoms with E-state index in [1.807, 2.05) is 19.0 Å². The Bertz CT molecular complexity index is 468. The summed E-state index contributed by atoms with van der Waals surface area (Å²) in [5.74, 6) is -0.336. The minimum atomic E-state index is -0.393. The van der Waals surface area contributed by atoms with Gasteiger partial charge in [0.1, 0.15) is 11.6 Å². The normalized spacial score (nSPS) is 10.1. The van der Waals surface area contributed by atoms with Crippen LogP contribution in [0.3, 0.4) is 0 Å². The average molecular weight is 314 g/mol. The van der Waals surface area contributed by atoms with Crippen molar-refractivity contribution in [2.45, 2.75) is 0 Å². The number of hydrogen-bond acceptors (Lipinski definition) is 4. The largest absolute Gasteiger partial charge is 0.484 e. The van der Waals surface area contributed by atoms with Crippen LogP contribution in [-0.2, 0) is 4.79 Å². The Balaban J connectivity index is 2.16. The second-order valence-electron chi connectivity index (χ2n) is 4.47. The topological polar surface area (TPSA) is 65.6 Å². The van der Waals surface area contributed by atoms with Crippen LogP contribution in [0.5, 0.6) is 5.75 Å². The van der Waals surface area contributed by atoms with Crippen LogP contribution in [-0.4, -0.2) is 49.7 Å². The van der Waals surface area contributed by atoms with Crippen LogP contribution in [0.25, 0.3) is 0 Å². The third-order valence-electron chi connectivity index (χ3n) is 2.34. The summed E-state index contributed by atoms with van der Waals surface area (Å²) in [5, 5.41) is 3.26. The first-order valence-corrected chi connectivity index (χ1v) is 6.74. The molecule has 3 N–H and O–H groups in total. The molecule has 0 aliphatic carbocycles. The molecule has 0 aliphatic heterocycles. The van der Waals surface area contributed by atoms with Gasteiger partial charge in [0.2, 0.25) is 0 Å². The summed E-state index contributed by atoms with van der Waals surface area (Å²) in [6.45, 7) is 1.29. The van der Waals surface area contributed by atoms with Crippen LogP contribution in [0, 0.1) is 5.82 Å². The predicted octanol–water partition coefficient (Wildman–Crippen LogP) is 0.261. The smallest absolute Gasteiger partial charge is 0.276 e. The van der Waals surface area contributed by atoms with Crippen LogP contribution < -0.4 is 20.9 Å². The van der Waals surface area contributed by atoms with E-state index in [0.717, 1.165) is 6.54 Å². The van der Waals surface area contributed by atoms with Crippen LogP contribution in [0.15, 0.2) is 24.3 Å². The van der Waals surface area contributed by atoms with Crippen molar-refractivity contribution in [3.63, 3.8) is 0 Å². The standard InChI is InChI=1S/C13H19FN4O2S/c1-18(2)8-7-15-13(21)17-16-12(19)9-20-11-5-3-10(14)4-6-11/h3-6H,7-9H2,1-2H3,(H,16,19)(H2,15,17,21). The number of hydrazine groups is 1. The highest BCUT2D eigenvalue weighted by Crippen LogP contribution is 2.10. The third kappa shape index (κ3) is 8.05. The molecule has 8 heteroatoms. The van der Waals surface area contributed by atoms with Gasteiger partial charge in [0.05, 0.1) is 0 Å². The van der Waals surface area contributed by atoms with Gasteiger partial charge in [-0.15, -0.1) is 0 Å². The second-order valence-corrected chi connectivity index (χ2v) is 4.88. The number of amides is 1. The Hall–Kier alpha value is -1.93. The number of benzene rings is 1. The summed E-state index contributed by atoms with van der Waals surface area (Å²) in [4.78, 5) is 13.5. The van der Waals surface area contributed by atoms with Gasteiger partial charge < -0.3 is 15.0 Å². The fraction of sp³-hybridized carbons (Fsp3) is 0.385. The summed E-state index contributed by atoms with van der Waals surface area (Å²) in [6.07, 6.45) is 0. The Morgan fingerprint density at radius 2 is 1.95 bits per heavy atom. The zero-order valence-electron chi connectivity index (χ0n) is 12.0. The Kier molecular flexibility index (Phi) is 7.41. The van der Waals surface area contributed by atoms with E-state index in [-0.39, 0.29) is 12.4 Å². The van der Waals surface area contributed by atoms with Gasteiger partial charge in [0.15, 0.2) is 11.7 Å². The molecule has 21 heavy (non-hydrogen) atoms. The van der Waals surface area contributed by atoms with Gasteiger partial charge in [-0.05, 0) is 50.6 Å². The van der Waals surface area contributed by atoms with Gasteiger partial charge in [-0.3, -0.25) is 15.6 Å². The number of likely N-dealkylation sites (N-methyl/N-ethyl adjacent to an activating group) is 1. The fourth-order valence-corrected chi connectivity index (χ4v) is 1.43. The van der Waals surface area contributed by atoms with Crippen LogP contribution in [0.4, 0.5) is 4.39 Å². The molecular formula is C13H19FN4O2S. The minimum absolute atomic E-state index is 0.195. The second kappa shape index (κ2) is 9.09. The molecule has 0 unspecified atom stereocenters. The molecular weight excluding hydrogens is 295 g/mol. The van der Waals surface area contributed by atoms with Crippen molar-refractivity contribution >= 4 is 23.2 Å². The van der Waals surface area contributed by atoms with Crippen molar-refractivity contribution in [1.82, 2.24) is 21.1 Å². The Morgan fingerprint density at radius 3 is 2.57 bits per heavy atom. The zero-order valence-corrected chi connectivity index (χ0v) is 12.8. The van der Waals surface area contributed by atoms with Gasteiger partial charge in [-0.25, -0.2) is 4.39 Å². The summed E-state index contributed by atoms with van der Waals surface area (Å²) in [6, 6.07) is 5.41. The molecule has 1 aromatic rings. The van der Waals surface area contributed by atoms with E-state index in [0.29, 0.717) is 17.4 Å². The predicted molar refractivity (Wildman–Crippen MR) is 82.3 cm³/mol. The maximum atomic E-state index is 12.7. The average Bonchev–Trinajstić information content (AvgIpc) is 2.44. The van der Waals surface area contributed by atoms with Crippen molar-refractivity contribution in [3.8, 4) is 5.75 Å². The van der Waals surface area contributed by atoms with Crippen LogP contribution in [0.1, 0.15) is 0 Å². The first kappa shape index (κ1) is 17.1. The number of hydrogen-bond donors (Lipinski definition) is 3. The van der Waals surface area contributed by atoms with Crippen molar-refractivity contribution in [3.05, 3.63) is 30.1 Å². The molecule has 0 fully saturated rings. The molecule has 6 nitrogen and oxygen atoms in total. The summed E-state index contributed by atoms with van der Waals surface area (Å²) in [7, 11) is 3.90. The van der Waals surface area contributed by atoms with E-state index < -0.39 is 5.91 Å². The molecule has 0 heterocycles. The van der Waals surface area contributed by atoms with E-state index in [2.05, 4.69) is 16.2 Å². The van der Waals surface area contributed by atoms with Gasteiger partial charge in [0, 0.05) is 13.1 Å². The lowest BCUT2D eigenvalue weighted by molar-refractivity contribution is -0.123. The van der Waals surface area contributed by atoms with Gasteiger partial charge in [-0.1, -0.05) is 0 Å². The number of ether oxygens (including phenoxy) is 1. The quantitative estimate of drug-likeness (QED) is 0.517. The van der Waals surface area contributed by atoms with Crippen molar-refractivity contribution in [2.75, 3.05) is 33.8 Å². The highest BCUT2D eigenvalue weighted by molar-refractivity contribution is 7.80.